The molecule has 0 saturated carbocycles. The van der Waals surface area contributed by atoms with E-state index in [9.17, 15) is 14.4 Å². The van der Waals surface area contributed by atoms with Crippen molar-refractivity contribution in [2.24, 2.45) is 5.92 Å². The molecule has 5 N–H and O–H groups in total. The van der Waals surface area contributed by atoms with Crippen LogP contribution in [0.4, 0.5) is 0 Å². The first-order valence-corrected chi connectivity index (χ1v) is 12.0. The fourth-order valence-corrected chi connectivity index (χ4v) is 0.631. The van der Waals surface area contributed by atoms with Crippen LogP contribution < -0.4 is 0 Å². The van der Waals surface area contributed by atoms with Crippen LogP contribution in [0.25, 0.3) is 0 Å². The Morgan fingerprint density at radius 2 is 0.976 bits per heavy atom. The number of hydrogen-bond donors (Lipinski definition) is 5. The van der Waals surface area contributed by atoms with E-state index in [-0.39, 0.29) is 107 Å². The summed E-state index contributed by atoms with van der Waals surface area (Å²) in [6, 6.07) is 1.75. The summed E-state index contributed by atoms with van der Waals surface area (Å²) >= 11 is 0. The molecule has 0 amide bonds. The summed E-state index contributed by atoms with van der Waals surface area (Å²) in [6.45, 7) is 24.2. The second-order valence-electron chi connectivity index (χ2n) is 5.26. The van der Waals surface area contributed by atoms with Gasteiger partial charge in [-0.05, 0) is 34.1 Å². The Labute approximate surface area is 309 Å². The van der Waals surface area contributed by atoms with E-state index >= 15 is 0 Å². The largest absolute Gasteiger partial charge is 0.481 e. The number of ether oxygens (including phenoxy) is 2. The number of nitrogens with zero attached hydrogens (tertiary/aromatic N) is 1. The van der Waals surface area contributed by atoms with Crippen molar-refractivity contribution in [1.29, 1.82) is 5.26 Å². The van der Waals surface area contributed by atoms with Crippen LogP contribution in [0, 0.1) is 31.1 Å². The van der Waals surface area contributed by atoms with Gasteiger partial charge in [-0.25, -0.2) is 0 Å². The molecule has 42 heavy (non-hydrogen) atoms. The number of nitriles is 1. The summed E-state index contributed by atoms with van der Waals surface area (Å²) < 4.78 is 9.26. The van der Waals surface area contributed by atoms with Gasteiger partial charge in [0, 0.05) is 106 Å². The molecule has 0 unspecified atom stereocenters. The first kappa shape index (κ1) is 83.8. The number of carbonyl (C=O) groups excluding carboxylic acids is 2. The van der Waals surface area contributed by atoms with Gasteiger partial charge < -0.3 is 48.9 Å². The number of hydrogen-bond acceptors (Lipinski definition) is 10. The first-order valence-electron chi connectivity index (χ1n) is 12.0. The Morgan fingerprint density at radius 1 is 0.833 bits per heavy atom. The zero-order chi connectivity index (χ0) is 33.0. The van der Waals surface area contributed by atoms with E-state index < -0.39 is 29.8 Å². The molecule has 0 aliphatic rings. The minimum atomic E-state index is -0.833. The van der Waals surface area contributed by atoms with Gasteiger partial charge in [0.1, 0.15) is 0 Å². The molecule has 0 aliphatic carbocycles. The molecule has 0 rings (SSSR count). The van der Waals surface area contributed by atoms with Gasteiger partial charge >= 0.3 is 17.9 Å². The van der Waals surface area contributed by atoms with Crippen LogP contribution in [0.1, 0.15) is 103 Å². The summed E-state index contributed by atoms with van der Waals surface area (Å²) in [5, 5.41) is 44.9. The molecule has 0 fully saturated rings. The first-order chi connectivity index (χ1) is 17.8. The normalized spacial score (nSPS) is 6.29. The Morgan fingerprint density at radius 3 is 1.05 bits per heavy atom. The number of carboxylic acid groups (broad SMARTS) is 2. The average molecular weight is 770 g/mol. The zero-order valence-electron chi connectivity index (χ0n) is 26.7. The van der Waals surface area contributed by atoms with Gasteiger partial charge in [-0.15, -0.1) is 0 Å². The van der Waals surface area contributed by atoms with Crippen molar-refractivity contribution in [3.05, 3.63) is 13.8 Å². The monoisotopic (exact) mass is 769 g/mol. The minimum Gasteiger partial charge on any atom is -0.481 e. The molecule has 12 nitrogen and oxygen atoms in total. The molecule has 0 spiro atoms. The number of aliphatic hydroxyl groups excluding tert-OH is 3. The van der Waals surface area contributed by atoms with Gasteiger partial charge in [-0.1, -0.05) is 35.6 Å². The minimum absolute atomic E-state index is 0. The van der Waals surface area contributed by atoms with Crippen molar-refractivity contribution in [3.8, 4) is 6.07 Å². The van der Waals surface area contributed by atoms with E-state index in [1.807, 2.05) is 13.8 Å². The van der Waals surface area contributed by atoms with Gasteiger partial charge in [-0.2, -0.15) is 18.6 Å². The Bertz CT molecular complexity index is 453. The van der Waals surface area contributed by atoms with Crippen molar-refractivity contribution >= 4 is 23.9 Å². The molecule has 0 aromatic carbocycles. The zero-order valence-corrected chi connectivity index (χ0v) is 32.4. The van der Waals surface area contributed by atoms with Crippen LogP contribution in [0.5, 0.6) is 0 Å². The summed E-state index contributed by atoms with van der Waals surface area (Å²) in [4.78, 5) is 40.2. The SMILES string of the molecule is C.C.CC#N.CC(=O)O.CCC(=O)O.CCCO.CCO.CCOC(=O)C(C)C(=O)OCC.CO.[CH2-]C.[CH2-]CC.[Y].[Y]. The summed E-state index contributed by atoms with van der Waals surface area (Å²) in [5.74, 6) is -3.46. The molecular formula is C28H65NO11Y2-2. The standard InChI is InChI=1S/C8H14O4.C3H6O2.C3H8O.C3H7.C2H3N.C2H4O2.C2H6O.C2H5.CH4O.2CH4.2Y/c1-4-11-7(9)6(3)8(10)12-5-2;1-2-3(4)5;1-2-3-4;1-3-2;1-2-3;1-2(3)4;1-2-3;2*1-2;;;;/h6H,4-5H2,1-3H3;2H2,1H3,(H,4,5);4H,2-3H2,1H3;1,3H2,2H3;1H3;1H3,(H,3,4);3H,2H2,1H3;1H2,2H3;2H,1H3;2*1H4;;/q;;;-1;;;;-1;;;;;. The van der Waals surface area contributed by atoms with Crippen LogP contribution >= 0.6 is 0 Å². The van der Waals surface area contributed by atoms with Crippen LogP contribution in [0.3, 0.4) is 0 Å². The van der Waals surface area contributed by atoms with E-state index in [1.165, 1.54) is 13.8 Å². The van der Waals surface area contributed by atoms with Crippen molar-refractivity contribution < 1.29 is 120 Å². The van der Waals surface area contributed by atoms with Crippen molar-refractivity contribution in [1.82, 2.24) is 0 Å². The third kappa shape index (κ3) is 215. The Balaban J connectivity index is -0.0000000221. The van der Waals surface area contributed by atoms with E-state index in [4.69, 9.17) is 35.6 Å². The third-order valence-electron chi connectivity index (χ3n) is 1.81. The van der Waals surface area contributed by atoms with Crippen LogP contribution in [-0.4, -0.2) is 82.9 Å². The van der Waals surface area contributed by atoms with E-state index in [1.54, 1.807) is 40.7 Å². The molecular weight excluding hydrogens is 704 g/mol. The molecule has 256 valence electrons. The number of aliphatic carboxylic acids is 2. The second kappa shape index (κ2) is 105. The second-order valence-corrected chi connectivity index (χ2v) is 5.26. The van der Waals surface area contributed by atoms with Gasteiger partial charge in [0.05, 0.1) is 19.3 Å². The smallest absolute Gasteiger partial charge is 0.320 e. The number of carbonyl (C=O) groups is 4. The fraction of sp³-hybridized carbons (Fsp3) is 0.750. The van der Waals surface area contributed by atoms with Gasteiger partial charge in [0.25, 0.3) is 5.97 Å². The number of esters is 2. The Kier molecular flexibility index (Phi) is 210. The van der Waals surface area contributed by atoms with E-state index in [0.717, 1.165) is 26.9 Å². The summed E-state index contributed by atoms with van der Waals surface area (Å²) in [7, 11) is 1.00. The van der Waals surface area contributed by atoms with E-state index in [0.29, 0.717) is 6.61 Å². The van der Waals surface area contributed by atoms with Gasteiger partial charge in [-0.3, -0.25) is 19.2 Å². The van der Waals surface area contributed by atoms with Gasteiger partial charge in [0.2, 0.25) is 0 Å². The quantitative estimate of drug-likeness (QED) is 0.134. The third-order valence-corrected chi connectivity index (χ3v) is 1.81. The Hall–Kier alpha value is -0.542. The van der Waals surface area contributed by atoms with Crippen molar-refractivity contribution in [2.75, 3.05) is 33.5 Å². The van der Waals surface area contributed by atoms with Crippen LogP contribution in [0.2, 0.25) is 0 Å². The molecule has 14 heteroatoms. The molecule has 0 heterocycles. The van der Waals surface area contributed by atoms with Crippen molar-refractivity contribution in [3.63, 3.8) is 0 Å². The molecule has 2 radical (unpaired) electrons. The molecule has 0 bridgehead atoms. The summed E-state index contributed by atoms with van der Waals surface area (Å²) in [5.41, 5.74) is 0. The molecule has 0 saturated heterocycles. The molecule has 0 atom stereocenters. The number of carboxylic acids is 2. The average Bonchev–Trinajstić information content (AvgIpc) is 2.88. The van der Waals surface area contributed by atoms with Gasteiger partial charge in [0.15, 0.2) is 5.92 Å². The fourth-order valence-electron chi connectivity index (χ4n) is 0.631. The number of rotatable bonds is 6. The van der Waals surface area contributed by atoms with Crippen LogP contribution in [0.15, 0.2) is 0 Å². The molecule has 0 aliphatic heterocycles. The van der Waals surface area contributed by atoms with E-state index in [2.05, 4.69) is 23.3 Å². The number of aliphatic hydroxyl groups is 3. The summed E-state index contributed by atoms with van der Waals surface area (Å²) in [6.07, 6.45) is 2.10. The predicted molar refractivity (Wildman–Crippen MR) is 163 cm³/mol. The maximum absolute atomic E-state index is 10.9. The maximum atomic E-state index is 10.9. The van der Waals surface area contributed by atoms with Crippen molar-refractivity contribution in [2.45, 2.75) is 103 Å². The maximum Gasteiger partial charge on any atom is 0.320 e. The molecule has 0 aromatic heterocycles. The molecule has 0 aromatic rings. The predicted octanol–water partition coefficient (Wildman–Crippen LogP) is 5.18. The van der Waals surface area contributed by atoms with Crippen LogP contribution in [-0.2, 0) is 94.1 Å². The topological polar surface area (TPSA) is 212 Å².